The molecule has 1 aromatic heterocycles. The lowest BCUT2D eigenvalue weighted by Gasteiger charge is -2.30. The maximum absolute atomic E-state index is 5.67. The zero-order chi connectivity index (χ0) is 12.3. The van der Waals surface area contributed by atoms with E-state index < -0.39 is 0 Å². The quantitative estimate of drug-likeness (QED) is 0.802. The first-order chi connectivity index (χ1) is 8.20. The minimum Gasteiger partial charge on any atom is -0.466 e. The van der Waals surface area contributed by atoms with Gasteiger partial charge in [0.15, 0.2) is 0 Å². The molecule has 1 heterocycles. The maximum Gasteiger partial charge on any atom is 0.105 e. The first kappa shape index (κ1) is 12.7. The molecule has 2 heteroatoms. The molecule has 0 spiro atoms. The van der Waals surface area contributed by atoms with E-state index in [-0.39, 0.29) is 0 Å². The van der Waals surface area contributed by atoms with Gasteiger partial charge in [0.2, 0.25) is 0 Å². The van der Waals surface area contributed by atoms with Crippen LogP contribution in [0.3, 0.4) is 0 Å². The molecule has 2 rings (SSSR count). The molecule has 96 valence electrons. The van der Waals surface area contributed by atoms with Crippen molar-refractivity contribution in [2.75, 3.05) is 6.54 Å². The molecule has 1 fully saturated rings. The molecule has 0 saturated heterocycles. The lowest BCUT2D eigenvalue weighted by atomic mass is 9.79. The van der Waals surface area contributed by atoms with E-state index in [4.69, 9.17) is 4.42 Å². The fraction of sp³-hybridized carbons (Fsp3) is 0.733. The maximum atomic E-state index is 5.67. The molecule has 1 aliphatic rings. The van der Waals surface area contributed by atoms with Gasteiger partial charge in [-0.2, -0.15) is 0 Å². The average Bonchev–Trinajstić information content (AvgIpc) is 2.56. The Morgan fingerprint density at radius 1 is 1.41 bits per heavy atom. The van der Waals surface area contributed by atoms with Crippen LogP contribution in [0.4, 0.5) is 0 Å². The Hall–Kier alpha value is -0.760. The predicted octanol–water partition coefficient (Wildman–Crippen LogP) is 4.13. The SMILES string of the molecule is CCCNC(CC1CCC1)c1cc(C)oc1C. The topological polar surface area (TPSA) is 25.2 Å². The Morgan fingerprint density at radius 3 is 2.65 bits per heavy atom. The zero-order valence-corrected chi connectivity index (χ0v) is 11.4. The normalized spacial score (nSPS) is 18.1. The number of rotatable bonds is 6. The monoisotopic (exact) mass is 235 g/mol. The van der Waals surface area contributed by atoms with Crippen LogP contribution in [0.15, 0.2) is 10.5 Å². The summed E-state index contributed by atoms with van der Waals surface area (Å²) in [5, 5.41) is 3.68. The largest absolute Gasteiger partial charge is 0.466 e. The molecule has 1 unspecified atom stereocenters. The number of nitrogens with one attached hydrogen (secondary N) is 1. The average molecular weight is 235 g/mol. The second-order valence-electron chi connectivity index (χ2n) is 5.41. The van der Waals surface area contributed by atoms with Crippen LogP contribution in [-0.4, -0.2) is 6.54 Å². The summed E-state index contributed by atoms with van der Waals surface area (Å²) >= 11 is 0. The Balaban J connectivity index is 2.04. The summed E-state index contributed by atoms with van der Waals surface area (Å²) in [6.45, 7) is 7.45. The van der Waals surface area contributed by atoms with Gasteiger partial charge in [0.25, 0.3) is 0 Å². The van der Waals surface area contributed by atoms with Gasteiger partial charge in [-0.3, -0.25) is 0 Å². The molecule has 1 aliphatic carbocycles. The fourth-order valence-electron chi connectivity index (χ4n) is 2.70. The predicted molar refractivity (Wildman–Crippen MR) is 71.2 cm³/mol. The third kappa shape index (κ3) is 3.12. The van der Waals surface area contributed by atoms with Gasteiger partial charge < -0.3 is 9.73 Å². The van der Waals surface area contributed by atoms with Crippen LogP contribution >= 0.6 is 0 Å². The van der Waals surface area contributed by atoms with E-state index in [1.54, 1.807) is 0 Å². The van der Waals surface area contributed by atoms with E-state index in [0.717, 1.165) is 24.0 Å². The van der Waals surface area contributed by atoms with Crippen molar-refractivity contribution in [2.45, 2.75) is 58.9 Å². The van der Waals surface area contributed by atoms with Crippen molar-refractivity contribution in [1.29, 1.82) is 0 Å². The second-order valence-corrected chi connectivity index (χ2v) is 5.41. The summed E-state index contributed by atoms with van der Waals surface area (Å²) in [4.78, 5) is 0. The van der Waals surface area contributed by atoms with Crippen molar-refractivity contribution < 1.29 is 4.42 Å². The van der Waals surface area contributed by atoms with Crippen LogP contribution < -0.4 is 5.32 Å². The molecule has 0 aliphatic heterocycles. The van der Waals surface area contributed by atoms with Gasteiger partial charge in [0.1, 0.15) is 11.5 Å². The molecule has 17 heavy (non-hydrogen) atoms. The first-order valence-electron chi connectivity index (χ1n) is 7.01. The summed E-state index contributed by atoms with van der Waals surface area (Å²) in [5.74, 6) is 3.06. The molecular weight excluding hydrogens is 210 g/mol. The second kappa shape index (κ2) is 5.72. The van der Waals surface area contributed by atoms with E-state index >= 15 is 0 Å². The summed E-state index contributed by atoms with van der Waals surface area (Å²) in [5.41, 5.74) is 1.38. The number of furan rings is 1. The van der Waals surface area contributed by atoms with E-state index in [2.05, 4.69) is 25.2 Å². The highest BCUT2D eigenvalue weighted by Crippen LogP contribution is 2.36. The molecular formula is C15H25NO. The number of hydrogen-bond donors (Lipinski definition) is 1. The van der Waals surface area contributed by atoms with Gasteiger partial charge in [-0.05, 0) is 45.2 Å². The number of aryl methyl sites for hydroxylation is 2. The molecule has 0 amide bonds. The third-order valence-corrected chi connectivity index (χ3v) is 3.89. The van der Waals surface area contributed by atoms with Crippen LogP contribution in [0.2, 0.25) is 0 Å². The minimum atomic E-state index is 0.498. The first-order valence-corrected chi connectivity index (χ1v) is 7.01. The number of hydrogen-bond acceptors (Lipinski definition) is 2. The zero-order valence-electron chi connectivity index (χ0n) is 11.4. The van der Waals surface area contributed by atoms with E-state index in [1.165, 1.54) is 37.7 Å². The summed E-state index contributed by atoms with van der Waals surface area (Å²) in [6.07, 6.45) is 6.73. The molecule has 2 nitrogen and oxygen atoms in total. The van der Waals surface area contributed by atoms with Crippen LogP contribution in [-0.2, 0) is 0 Å². The molecule has 1 atom stereocenters. The standard InChI is InChI=1S/C15H25NO/c1-4-8-16-15(10-13-6-5-7-13)14-9-11(2)17-12(14)3/h9,13,15-16H,4-8,10H2,1-3H3. The van der Waals surface area contributed by atoms with Crippen molar-refractivity contribution >= 4 is 0 Å². The Bertz CT molecular complexity index is 352. The Morgan fingerprint density at radius 2 is 2.18 bits per heavy atom. The highest BCUT2D eigenvalue weighted by Gasteiger charge is 2.24. The molecule has 0 bridgehead atoms. The molecule has 1 saturated carbocycles. The molecule has 0 radical (unpaired) electrons. The van der Waals surface area contributed by atoms with Gasteiger partial charge in [-0.25, -0.2) is 0 Å². The van der Waals surface area contributed by atoms with Crippen molar-refractivity contribution in [3.05, 3.63) is 23.2 Å². The van der Waals surface area contributed by atoms with Crippen molar-refractivity contribution in [2.24, 2.45) is 5.92 Å². The Labute approximate surface area is 105 Å². The highest BCUT2D eigenvalue weighted by molar-refractivity contribution is 5.24. The third-order valence-electron chi connectivity index (χ3n) is 3.89. The summed E-state index contributed by atoms with van der Waals surface area (Å²) in [7, 11) is 0. The Kier molecular flexibility index (Phi) is 4.27. The van der Waals surface area contributed by atoms with E-state index in [0.29, 0.717) is 6.04 Å². The summed E-state index contributed by atoms with van der Waals surface area (Å²) in [6, 6.07) is 2.71. The van der Waals surface area contributed by atoms with Gasteiger partial charge in [0, 0.05) is 11.6 Å². The van der Waals surface area contributed by atoms with Crippen molar-refractivity contribution in [3.8, 4) is 0 Å². The van der Waals surface area contributed by atoms with Crippen LogP contribution in [0, 0.1) is 19.8 Å². The van der Waals surface area contributed by atoms with Crippen molar-refractivity contribution in [1.82, 2.24) is 5.32 Å². The molecule has 0 aromatic carbocycles. The van der Waals surface area contributed by atoms with Crippen LogP contribution in [0.5, 0.6) is 0 Å². The van der Waals surface area contributed by atoms with Crippen molar-refractivity contribution in [3.63, 3.8) is 0 Å². The van der Waals surface area contributed by atoms with Gasteiger partial charge in [-0.15, -0.1) is 0 Å². The van der Waals surface area contributed by atoms with Gasteiger partial charge in [-0.1, -0.05) is 26.2 Å². The highest BCUT2D eigenvalue weighted by atomic mass is 16.3. The van der Waals surface area contributed by atoms with E-state index in [1.807, 2.05) is 6.92 Å². The van der Waals surface area contributed by atoms with Gasteiger partial charge >= 0.3 is 0 Å². The smallest absolute Gasteiger partial charge is 0.105 e. The lowest BCUT2D eigenvalue weighted by molar-refractivity contribution is 0.260. The van der Waals surface area contributed by atoms with Crippen LogP contribution in [0.1, 0.15) is 62.2 Å². The fourth-order valence-corrected chi connectivity index (χ4v) is 2.70. The van der Waals surface area contributed by atoms with Crippen LogP contribution in [0.25, 0.3) is 0 Å². The molecule has 1 N–H and O–H groups in total. The minimum absolute atomic E-state index is 0.498. The summed E-state index contributed by atoms with van der Waals surface area (Å²) < 4.78 is 5.67. The lowest BCUT2D eigenvalue weighted by Crippen LogP contribution is -2.26. The van der Waals surface area contributed by atoms with E-state index in [9.17, 15) is 0 Å². The van der Waals surface area contributed by atoms with Gasteiger partial charge in [0.05, 0.1) is 0 Å². The molecule has 1 aromatic rings.